The van der Waals surface area contributed by atoms with Gasteiger partial charge in [-0.05, 0) is 36.6 Å². The van der Waals surface area contributed by atoms with Crippen molar-refractivity contribution in [2.45, 2.75) is 32.9 Å². The van der Waals surface area contributed by atoms with Gasteiger partial charge in [0.05, 0.1) is 22.1 Å². The van der Waals surface area contributed by atoms with Crippen LogP contribution < -0.4 is 10.2 Å². The number of anilines is 2. The van der Waals surface area contributed by atoms with E-state index in [9.17, 15) is 4.79 Å². The standard InChI is InChI=1S/C18H20Cl2N4O2/c1-10(2)15-9-26-18(25)24(15)16-6-7-21-17(23-16)22-11(3)12-4-5-13(19)14(20)8-12/h4-8,10-11,15H,9H2,1-3H3,(H,21,22,23)/t11-,15-/m1/s1. The zero-order chi connectivity index (χ0) is 18.8. The van der Waals surface area contributed by atoms with E-state index >= 15 is 0 Å². The molecule has 1 aliphatic rings. The molecule has 0 unspecified atom stereocenters. The molecule has 2 aromatic rings. The summed E-state index contributed by atoms with van der Waals surface area (Å²) in [5, 5.41) is 4.23. The maximum absolute atomic E-state index is 12.1. The molecule has 138 valence electrons. The lowest BCUT2D eigenvalue weighted by Gasteiger charge is -2.23. The lowest BCUT2D eigenvalue weighted by atomic mass is 10.0. The molecule has 1 aliphatic heterocycles. The molecule has 8 heteroatoms. The molecule has 1 N–H and O–H groups in total. The molecule has 0 saturated carbocycles. The fourth-order valence-electron chi connectivity index (χ4n) is 2.80. The van der Waals surface area contributed by atoms with Gasteiger partial charge in [0.1, 0.15) is 12.4 Å². The number of benzene rings is 1. The number of halogens is 2. The normalized spacial score (nSPS) is 18.2. The molecule has 0 radical (unpaired) electrons. The van der Waals surface area contributed by atoms with Crippen molar-refractivity contribution in [3.63, 3.8) is 0 Å². The minimum absolute atomic E-state index is 0.0438. The van der Waals surface area contributed by atoms with E-state index in [4.69, 9.17) is 27.9 Å². The van der Waals surface area contributed by atoms with Gasteiger partial charge in [0.15, 0.2) is 0 Å². The minimum atomic E-state index is -0.383. The topological polar surface area (TPSA) is 67.3 Å². The molecule has 1 saturated heterocycles. The number of ether oxygens (including phenoxy) is 1. The van der Waals surface area contributed by atoms with Crippen LogP contribution in [0.25, 0.3) is 0 Å². The summed E-state index contributed by atoms with van der Waals surface area (Å²) < 4.78 is 5.19. The van der Waals surface area contributed by atoms with Gasteiger partial charge >= 0.3 is 6.09 Å². The maximum Gasteiger partial charge on any atom is 0.415 e. The van der Waals surface area contributed by atoms with Gasteiger partial charge in [0, 0.05) is 6.20 Å². The van der Waals surface area contributed by atoms with Gasteiger partial charge in [-0.3, -0.25) is 4.90 Å². The Hall–Kier alpha value is -2.05. The summed E-state index contributed by atoms with van der Waals surface area (Å²) in [7, 11) is 0. The number of aromatic nitrogens is 2. The lowest BCUT2D eigenvalue weighted by Crippen LogP contribution is -2.37. The second-order valence-corrected chi connectivity index (χ2v) is 7.35. The monoisotopic (exact) mass is 394 g/mol. The van der Waals surface area contributed by atoms with Crippen LogP contribution in [0, 0.1) is 5.92 Å². The van der Waals surface area contributed by atoms with Crippen molar-refractivity contribution in [2.75, 3.05) is 16.8 Å². The molecule has 1 aromatic heterocycles. The molecule has 3 rings (SSSR count). The number of carbonyl (C=O) groups is 1. The third-order valence-electron chi connectivity index (χ3n) is 4.35. The Morgan fingerprint density at radius 3 is 2.69 bits per heavy atom. The predicted octanol–water partition coefficient (Wildman–Crippen LogP) is 4.94. The van der Waals surface area contributed by atoms with Crippen molar-refractivity contribution in [3.05, 3.63) is 46.1 Å². The van der Waals surface area contributed by atoms with Gasteiger partial charge in [-0.25, -0.2) is 9.78 Å². The maximum atomic E-state index is 12.1. The summed E-state index contributed by atoms with van der Waals surface area (Å²) in [5.74, 6) is 1.19. The summed E-state index contributed by atoms with van der Waals surface area (Å²) >= 11 is 12.1. The average Bonchev–Trinajstić information content (AvgIpc) is 2.99. The SMILES string of the molecule is CC(C)[C@H]1COC(=O)N1c1ccnc(N[C@H](C)c2ccc(Cl)c(Cl)c2)n1. The van der Waals surface area contributed by atoms with E-state index in [0.29, 0.717) is 28.4 Å². The van der Waals surface area contributed by atoms with E-state index in [1.807, 2.05) is 26.8 Å². The summed E-state index contributed by atoms with van der Waals surface area (Å²) in [6.07, 6.45) is 1.24. The highest BCUT2D eigenvalue weighted by molar-refractivity contribution is 6.42. The molecule has 2 heterocycles. The minimum Gasteiger partial charge on any atom is -0.447 e. The first-order valence-electron chi connectivity index (χ1n) is 8.37. The molecule has 0 spiro atoms. The van der Waals surface area contributed by atoms with E-state index in [1.54, 1.807) is 29.3 Å². The Morgan fingerprint density at radius 2 is 2.00 bits per heavy atom. The van der Waals surface area contributed by atoms with Crippen LogP contribution in [0.1, 0.15) is 32.4 Å². The summed E-state index contributed by atoms with van der Waals surface area (Å²) in [5.41, 5.74) is 0.953. The van der Waals surface area contributed by atoms with E-state index < -0.39 is 0 Å². The number of nitrogens with one attached hydrogen (secondary N) is 1. The highest BCUT2D eigenvalue weighted by Crippen LogP contribution is 2.28. The number of nitrogens with zero attached hydrogens (tertiary/aromatic N) is 3. The van der Waals surface area contributed by atoms with E-state index in [1.165, 1.54) is 0 Å². The van der Waals surface area contributed by atoms with E-state index in [0.717, 1.165) is 5.56 Å². The molecular formula is C18H20Cl2N4O2. The van der Waals surface area contributed by atoms with Crippen molar-refractivity contribution >= 4 is 41.1 Å². The van der Waals surface area contributed by atoms with Gasteiger partial charge in [-0.15, -0.1) is 0 Å². The zero-order valence-corrected chi connectivity index (χ0v) is 16.3. The van der Waals surface area contributed by atoms with E-state index in [-0.39, 0.29) is 24.1 Å². The van der Waals surface area contributed by atoms with Crippen LogP contribution in [0.4, 0.5) is 16.6 Å². The molecule has 0 aliphatic carbocycles. The highest BCUT2D eigenvalue weighted by Gasteiger charge is 2.37. The smallest absolute Gasteiger partial charge is 0.415 e. The first kappa shape index (κ1) is 18.7. The van der Waals surface area contributed by atoms with Crippen LogP contribution in [-0.4, -0.2) is 28.7 Å². The number of carbonyl (C=O) groups excluding carboxylic acids is 1. The first-order valence-corrected chi connectivity index (χ1v) is 9.13. The third-order valence-corrected chi connectivity index (χ3v) is 5.09. The van der Waals surface area contributed by atoms with Gasteiger partial charge in [-0.1, -0.05) is 43.1 Å². The number of amides is 1. The van der Waals surface area contributed by atoms with Crippen LogP contribution in [0.3, 0.4) is 0 Å². The van der Waals surface area contributed by atoms with Crippen molar-refractivity contribution in [2.24, 2.45) is 5.92 Å². The van der Waals surface area contributed by atoms with Gasteiger partial charge in [0.2, 0.25) is 5.95 Å². The van der Waals surface area contributed by atoms with Crippen LogP contribution in [0.2, 0.25) is 10.0 Å². The quantitative estimate of drug-likeness (QED) is 0.777. The fourth-order valence-corrected chi connectivity index (χ4v) is 3.11. The van der Waals surface area contributed by atoms with Crippen molar-refractivity contribution < 1.29 is 9.53 Å². The molecule has 6 nitrogen and oxygen atoms in total. The molecule has 1 amide bonds. The number of hydrogen-bond acceptors (Lipinski definition) is 5. The Bertz CT molecular complexity index is 816. The van der Waals surface area contributed by atoms with Crippen molar-refractivity contribution in [3.8, 4) is 0 Å². The summed E-state index contributed by atoms with van der Waals surface area (Å²) in [4.78, 5) is 22.4. The predicted molar refractivity (Wildman–Crippen MR) is 103 cm³/mol. The average molecular weight is 395 g/mol. The number of hydrogen-bond donors (Lipinski definition) is 1. The van der Waals surface area contributed by atoms with Crippen LogP contribution in [0.5, 0.6) is 0 Å². The Balaban J connectivity index is 1.81. The van der Waals surface area contributed by atoms with Crippen molar-refractivity contribution in [1.29, 1.82) is 0 Å². The Labute approximate surface area is 162 Å². The lowest BCUT2D eigenvalue weighted by molar-refractivity contribution is 0.177. The molecular weight excluding hydrogens is 375 g/mol. The molecule has 0 bridgehead atoms. The zero-order valence-electron chi connectivity index (χ0n) is 14.7. The van der Waals surface area contributed by atoms with Gasteiger partial charge in [0.25, 0.3) is 0 Å². The Kier molecular flexibility index (Phi) is 5.53. The third kappa shape index (κ3) is 3.86. The Morgan fingerprint density at radius 1 is 1.23 bits per heavy atom. The van der Waals surface area contributed by atoms with E-state index in [2.05, 4.69) is 15.3 Å². The number of rotatable bonds is 5. The molecule has 1 aromatic carbocycles. The van der Waals surface area contributed by atoms with Crippen LogP contribution in [0.15, 0.2) is 30.5 Å². The first-order chi connectivity index (χ1) is 12.4. The van der Waals surface area contributed by atoms with Gasteiger partial charge in [-0.2, -0.15) is 4.98 Å². The summed E-state index contributed by atoms with van der Waals surface area (Å²) in [6.45, 7) is 6.43. The fraction of sp³-hybridized carbons (Fsp3) is 0.389. The number of cyclic esters (lactones) is 1. The highest BCUT2D eigenvalue weighted by atomic mass is 35.5. The molecule has 1 fully saturated rings. The molecule has 26 heavy (non-hydrogen) atoms. The van der Waals surface area contributed by atoms with Crippen LogP contribution in [-0.2, 0) is 4.74 Å². The largest absolute Gasteiger partial charge is 0.447 e. The molecule has 2 atom stereocenters. The van der Waals surface area contributed by atoms with Crippen molar-refractivity contribution in [1.82, 2.24) is 9.97 Å². The van der Waals surface area contributed by atoms with Gasteiger partial charge < -0.3 is 10.1 Å². The second-order valence-electron chi connectivity index (χ2n) is 6.54. The summed E-state index contributed by atoms with van der Waals surface area (Å²) in [6, 6.07) is 7.02. The second kappa shape index (κ2) is 7.68. The van der Waals surface area contributed by atoms with Crippen LogP contribution >= 0.6 is 23.2 Å².